The van der Waals surface area contributed by atoms with Crippen LogP contribution in [0.1, 0.15) is 16.7 Å². The highest BCUT2D eigenvalue weighted by molar-refractivity contribution is 8.18. The molecule has 3 amide bonds. The number of anilines is 1. The average molecular weight is 500 g/mol. The lowest BCUT2D eigenvalue weighted by atomic mass is 10.1. The van der Waals surface area contributed by atoms with Gasteiger partial charge in [-0.3, -0.25) is 19.3 Å². The highest BCUT2D eigenvalue weighted by Crippen LogP contribution is 2.34. The van der Waals surface area contributed by atoms with Crippen molar-refractivity contribution in [2.24, 2.45) is 0 Å². The Morgan fingerprint density at radius 2 is 1.72 bits per heavy atom. The number of hydrogen-bond acceptors (Lipinski definition) is 4. The van der Waals surface area contributed by atoms with Gasteiger partial charge in [0.1, 0.15) is 12.4 Å². The number of para-hydroxylation sites is 1. The number of carbonyl (C=O) groups is 3. The molecule has 0 saturated carbocycles. The summed E-state index contributed by atoms with van der Waals surface area (Å²) in [6, 6.07) is 21.3. The maximum Gasteiger partial charge on any atom is 0.294 e. The van der Waals surface area contributed by atoms with Gasteiger partial charge in [0.25, 0.3) is 11.1 Å². The van der Waals surface area contributed by atoms with E-state index in [0.29, 0.717) is 12.2 Å². The van der Waals surface area contributed by atoms with Crippen molar-refractivity contribution >= 4 is 51.5 Å². The zero-order valence-electron chi connectivity index (χ0n) is 19.4. The Morgan fingerprint density at radius 3 is 2.47 bits per heavy atom. The number of amides is 3. The van der Waals surface area contributed by atoms with Gasteiger partial charge in [-0.1, -0.05) is 48.0 Å². The van der Waals surface area contributed by atoms with E-state index in [-0.39, 0.29) is 17.3 Å². The highest BCUT2D eigenvalue weighted by atomic mass is 32.2. The lowest BCUT2D eigenvalue weighted by molar-refractivity contribution is -0.127. The number of halogens is 1. The van der Waals surface area contributed by atoms with Crippen molar-refractivity contribution < 1.29 is 18.8 Å². The minimum absolute atomic E-state index is 0.257. The summed E-state index contributed by atoms with van der Waals surface area (Å²) < 4.78 is 15.3. The molecule has 180 valence electrons. The topological polar surface area (TPSA) is 71.4 Å². The summed E-state index contributed by atoms with van der Waals surface area (Å²) >= 11 is 0.818. The van der Waals surface area contributed by atoms with E-state index < -0.39 is 17.1 Å². The molecular formula is C28H22FN3O3S. The average Bonchev–Trinajstić information content (AvgIpc) is 3.34. The maximum absolute atomic E-state index is 13.3. The first-order valence-corrected chi connectivity index (χ1v) is 12.1. The van der Waals surface area contributed by atoms with Gasteiger partial charge in [-0.05, 0) is 60.7 Å². The highest BCUT2D eigenvalue weighted by Gasteiger charge is 2.36. The van der Waals surface area contributed by atoms with Crippen LogP contribution in [-0.2, 0) is 16.1 Å². The number of imide groups is 1. The first-order valence-electron chi connectivity index (χ1n) is 11.3. The number of thioether (sulfide) groups is 1. The second-order valence-corrected chi connectivity index (χ2v) is 9.53. The molecule has 36 heavy (non-hydrogen) atoms. The molecule has 1 fully saturated rings. The fourth-order valence-corrected chi connectivity index (χ4v) is 4.90. The molecule has 6 nitrogen and oxygen atoms in total. The predicted molar refractivity (Wildman–Crippen MR) is 140 cm³/mol. The first-order chi connectivity index (χ1) is 17.4. The van der Waals surface area contributed by atoms with E-state index in [4.69, 9.17) is 0 Å². The van der Waals surface area contributed by atoms with Crippen LogP contribution in [0.2, 0.25) is 0 Å². The molecule has 0 bridgehead atoms. The first kappa shape index (κ1) is 23.6. The lowest BCUT2D eigenvalue weighted by Gasteiger charge is -2.12. The van der Waals surface area contributed by atoms with Crippen LogP contribution in [0.25, 0.3) is 17.0 Å². The normalized spacial score (nSPS) is 14.7. The Bertz CT molecular complexity index is 1510. The second-order valence-electron chi connectivity index (χ2n) is 8.54. The maximum atomic E-state index is 13.3. The number of aromatic nitrogens is 1. The molecule has 8 heteroatoms. The molecule has 1 aliphatic heterocycles. The van der Waals surface area contributed by atoms with E-state index >= 15 is 0 Å². The quantitative estimate of drug-likeness (QED) is 0.340. The molecule has 0 atom stereocenters. The third-order valence-electron chi connectivity index (χ3n) is 5.88. The van der Waals surface area contributed by atoms with Crippen molar-refractivity contribution in [3.05, 3.63) is 106 Å². The van der Waals surface area contributed by atoms with E-state index in [1.54, 1.807) is 30.3 Å². The monoisotopic (exact) mass is 499 g/mol. The Balaban J connectivity index is 1.36. The van der Waals surface area contributed by atoms with Crippen LogP contribution < -0.4 is 5.32 Å². The zero-order valence-corrected chi connectivity index (χ0v) is 20.2. The number of carbonyl (C=O) groups excluding carboxylic acids is 3. The molecule has 4 aromatic rings. The number of nitrogens with one attached hydrogen (secondary N) is 1. The number of aryl methyl sites for hydroxylation is 1. The van der Waals surface area contributed by atoms with Crippen molar-refractivity contribution in [1.82, 2.24) is 9.47 Å². The van der Waals surface area contributed by atoms with Gasteiger partial charge in [0.2, 0.25) is 5.91 Å². The van der Waals surface area contributed by atoms with Crippen LogP contribution in [0.15, 0.2) is 83.9 Å². The van der Waals surface area contributed by atoms with Gasteiger partial charge in [0.15, 0.2) is 0 Å². The molecule has 5 rings (SSSR count). The number of nitrogens with zero attached hydrogens (tertiary/aromatic N) is 2. The Hall–Kier alpha value is -4.17. The van der Waals surface area contributed by atoms with Crippen molar-refractivity contribution in [1.29, 1.82) is 0 Å². The van der Waals surface area contributed by atoms with Gasteiger partial charge in [-0.2, -0.15) is 0 Å². The number of hydrogen-bond donors (Lipinski definition) is 1. The summed E-state index contributed by atoms with van der Waals surface area (Å²) in [5.74, 6) is -1.24. The Morgan fingerprint density at radius 1 is 1.00 bits per heavy atom. The fraction of sp³-hybridized carbons (Fsp3) is 0.107. The number of benzene rings is 3. The molecule has 2 heterocycles. The van der Waals surface area contributed by atoms with Crippen LogP contribution in [-0.4, -0.2) is 33.1 Å². The molecule has 3 aromatic carbocycles. The van der Waals surface area contributed by atoms with Gasteiger partial charge in [0, 0.05) is 34.9 Å². The molecule has 0 aliphatic carbocycles. The summed E-state index contributed by atoms with van der Waals surface area (Å²) in [5, 5.41) is 3.15. The van der Waals surface area contributed by atoms with Crippen LogP contribution in [0, 0.1) is 12.7 Å². The van der Waals surface area contributed by atoms with E-state index in [2.05, 4.69) is 5.32 Å². The molecule has 0 spiro atoms. The Labute approximate surface area is 211 Å². The SMILES string of the molecule is Cc1ccc(NC(=O)CN2C(=O)S/C(=C\c3cn(Cc4ccc(F)cc4)c4ccccc34)C2=O)cc1. The second kappa shape index (κ2) is 9.83. The minimum Gasteiger partial charge on any atom is -0.342 e. The van der Waals surface area contributed by atoms with Crippen LogP contribution >= 0.6 is 11.8 Å². The minimum atomic E-state index is -0.501. The van der Waals surface area contributed by atoms with Crippen LogP contribution in [0.4, 0.5) is 14.9 Å². The molecule has 1 saturated heterocycles. The molecule has 1 N–H and O–H groups in total. The van der Waals surface area contributed by atoms with Crippen molar-refractivity contribution in [2.75, 3.05) is 11.9 Å². The van der Waals surface area contributed by atoms with E-state index in [1.165, 1.54) is 12.1 Å². The molecule has 0 radical (unpaired) electrons. The van der Waals surface area contributed by atoms with E-state index in [1.807, 2.05) is 54.1 Å². The van der Waals surface area contributed by atoms with Crippen molar-refractivity contribution in [3.63, 3.8) is 0 Å². The van der Waals surface area contributed by atoms with Crippen LogP contribution in [0.5, 0.6) is 0 Å². The third kappa shape index (κ3) is 4.94. The Kier molecular flexibility index (Phi) is 6.43. The van der Waals surface area contributed by atoms with Crippen LogP contribution in [0.3, 0.4) is 0 Å². The number of rotatable bonds is 6. The largest absolute Gasteiger partial charge is 0.342 e. The standard InChI is InChI=1S/C28H22FN3O3S/c1-18-6-12-22(13-7-18)30-26(33)17-32-27(34)25(36-28(32)35)14-20-16-31(24-5-3-2-4-23(20)24)15-19-8-10-21(29)11-9-19/h2-14,16H,15,17H2,1H3,(H,30,33)/b25-14-. The van der Waals surface area contributed by atoms with E-state index in [0.717, 1.165) is 44.3 Å². The summed E-state index contributed by atoms with van der Waals surface area (Å²) in [4.78, 5) is 39.3. The van der Waals surface area contributed by atoms with Gasteiger partial charge in [-0.15, -0.1) is 0 Å². The number of fused-ring (bicyclic) bond motifs is 1. The molecule has 1 aliphatic rings. The summed E-state index contributed by atoms with van der Waals surface area (Å²) in [7, 11) is 0. The smallest absolute Gasteiger partial charge is 0.294 e. The fourth-order valence-electron chi connectivity index (χ4n) is 4.07. The summed E-state index contributed by atoms with van der Waals surface area (Å²) in [6.45, 7) is 2.11. The van der Waals surface area contributed by atoms with Gasteiger partial charge in [-0.25, -0.2) is 4.39 Å². The van der Waals surface area contributed by atoms with Gasteiger partial charge in [0.05, 0.1) is 4.91 Å². The van der Waals surface area contributed by atoms with Crippen molar-refractivity contribution in [2.45, 2.75) is 13.5 Å². The van der Waals surface area contributed by atoms with E-state index in [9.17, 15) is 18.8 Å². The zero-order chi connectivity index (χ0) is 25.2. The third-order valence-corrected chi connectivity index (χ3v) is 6.79. The van der Waals surface area contributed by atoms with Crippen molar-refractivity contribution in [3.8, 4) is 0 Å². The lowest BCUT2D eigenvalue weighted by Crippen LogP contribution is -2.36. The molecular weight excluding hydrogens is 477 g/mol. The van der Waals surface area contributed by atoms with Gasteiger partial charge >= 0.3 is 0 Å². The summed E-state index contributed by atoms with van der Waals surface area (Å²) in [6.07, 6.45) is 3.60. The van der Waals surface area contributed by atoms with Gasteiger partial charge < -0.3 is 9.88 Å². The molecule has 0 unspecified atom stereocenters. The predicted octanol–water partition coefficient (Wildman–Crippen LogP) is 5.81. The summed E-state index contributed by atoms with van der Waals surface area (Å²) in [5.41, 5.74) is 4.32. The molecule has 1 aromatic heterocycles.